The van der Waals surface area contributed by atoms with Crippen molar-refractivity contribution >= 4 is 34.6 Å². The molecular weight excluding hydrogens is 356 g/mol. The number of hydrogen-bond acceptors (Lipinski definition) is 3. The van der Waals surface area contributed by atoms with Crippen molar-refractivity contribution in [1.82, 2.24) is 24.9 Å². The minimum absolute atomic E-state index is 0.547. The van der Waals surface area contributed by atoms with Crippen molar-refractivity contribution in [2.75, 3.05) is 5.32 Å². The van der Waals surface area contributed by atoms with Crippen LogP contribution in [-0.2, 0) is 20.1 Å². The zero-order valence-corrected chi connectivity index (χ0v) is 15.6. The van der Waals surface area contributed by atoms with E-state index in [9.17, 15) is 0 Å². The fourth-order valence-electron chi connectivity index (χ4n) is 2.41. The SMILES string of the molecule is Cc1c(CNC(=S)Nc2cnn(Cc3cccc(Cl)c3)c2)cnn1C. The van der Waals surface area contributed by atoms with Gasteiger partial charge in [0.25, 0.3) is 0 Å². The largest absolute Gasteiger partial charge is 0.358 e. The number of aryl methyl sites for hydroxylation is 1. The molecule has 0 unspecified atom stereocenters. The zero-order valence-electron chi connectivity index (χ0n) is 14.0. The van der Waals surface area contributed by atoms with Crippen molar-refractivity contribution in [3.05, 3.63) is 64.7 Å². The van der Waals surface area contributed by atoms with Crippen LogP contribution in [0.2, 0.25) is 5.02 Å². The lowest BCUT2D eigenvalue weighted by Crippen LogP contribution is -2.27. The summed E-state index contributed by atoms with van der Waals surface area (Å²) in [4.78, 5) is 0. The molecule has 2 N–H and O–H groups in total. The van der Waals surface area contributed by atoms with E-state index in [1.54, 1.807) is 6.20 Å². The molecule has 0 spiro atoms. The topological polar surface area (TPSA) is 59.7 Å². The first kappa shape index (κ1) is 17.4. The predicted octanol–water partition coefficient (Wildman–Crippen LogP) is 3.11. The first-order chi connectivity index (χ1) is 12.0. The molecule has 1 aromatic carbocycles. The zero-order chi connectivity index (χ0) is 17.8. The third-order valence-electron chi connectivity index (χ3n) is 3.90. The second kappa shape index (κ2) is 7.67. The van der Waals surface area contributed by atoms with Gasteiger partial charge in [-0.05, 0) is 36.8 Å². The van der Waals surface area contributed by atoms with Gasteiger partial charge in [-0.1, -0.05) is 23.7 Å². The molecule has 0 atom stereocenters. The van der Waals surface area contributed by atoms with Gasteiger partial charge in [0.15, 0.2) is 5.11 Å². The van der Waals surface area contributed by atoms with Crippen molar-refractivity contribution in [1.29, 1.82) is 0 Å². The maximum Gasteiger partial charge on any atom is 0.171 e. The first-order valence-electron chi connectivity index (χ1n) is 7.80. The molecule has 130 valence electrons. The summed E-state index contributed by atoms with van der Waals surface area (Å²) in [6, 6.07) is 7.73. The van der Waals surface area contributed by atoms with E-state index in [-0.39, 0.29) is 0 Å². The first-order valence-corrected chi connectivity index (χ1v) is 8.59. The molecule has 0 saturated carbocycles. The maximum atomic E-state index is 6.01. The Bertz CT molecular complexity index is 885. The number of anilines is 1. The Balaban J connectivity index is 1.54. The van der Waals surface area contributed by atoms with Crippen LogP contribution >= 0.6 is 23.8 Å². The van der Waals surface area contributed by atoms with Crippen molar-refractivity contribution in [2.24, 2.45) is 7.05 Å². The Morgan fingerprint density at radius 3 is 2.84 bits per heavy atom. The number of hydrogen-bond donors (Lipinski definition) is 2. The monoisotopic (exact) mass is 374 g/mol. The summed E-state index contributed by atoms with van der Waals surface area (Å²) in [6.45, 7) is 3.31. The molecule has 2 aromatic heterocycles. The van der Waals surface area contributed by atoms with Crippen LogP contribution in [0.15, 0.2) is 42.9 Å². The van der Waals surface area contributed by atoms with Crippen molar-refractivity contribution < 1.29 is 0 Å². The van der Waals surface area contributed by atoms with Crippen molar-refractivity contribution in [2.45, 2.75) is 20.0 Å². The summed E-state index contributed by atoms with van der Waals surface area (Å²) >= 11 is 11.3. The van der Waals surface area contributed by atoms with Gasteiger partial charge in [-0.2, -0.15) is 10.2 Å². The summed E-state index contributed by atoms with van der Waals surface area (Å²) in [5, 5.41) is 16.1. The highest BCUT2D eigenvalue weighted by Crippen LogP contribution is 2.13. The van der Waals surface area contributed by atoms with Gasteiger partial charge >= 0.3 is 0 Å². The molecule has 0 radical (unpaired) electrons. The second-order valence-electron chi connectivity index (χ2n) is 5.74. The third-order valence-corrected chi connectivity index (χ3v) is 4.38. The summed E-state index contributed by atoms with van der Waals surface area (Å²) in [7, 11) is 1.92. The normalized spacial score (nSPS) is 10.7. The molecule has 3 rings (SSSR count). The van der Waals surface area contributed by atoms with E-state index < -0.39 is 0 Å². The Morgan fingerprint density at radius 1 is 1.28 bits per heavy atom. The van der Waals surface area contributed by atoms with Crippen LogP contribution in [-0.4, -0.2) is 24.7 Å². The lowest BCUT2D eigenvalue weighted by Gasteiger charge is -2.08. The highest BCUT2D eigenvalue weighted by Gasteiger charge is 2.06. The Hall–Kier alpha value is -2.38. The summed E-state index contributed by atoms with van der Waals surface area (Å²) in [5.41, 5.74) is 4.16. The van der Waals surface area contributed by atoms with Crippen LogP contribution in [0.25, 0.3) is 0 Å². The summed E-state index contributed by atoms with van der Waals surface area (Å²) < 4.78 is 3.68. The van der Waals surface area contributed by atoms with Crippen LogP contribution < -0.4 is 10.6 Å². The molecule has 0 bridgehead atoms. The fourth-order valence-corrected chi connectivity index (χ4v) is 2.81. The summed E-state index contributed by atoms with van der Waals surface area (Å²) in [6.07, 6.45) is 5.49. The average Bonchev–Trinajstić information content (AvgIpc) is 3.13. The lowest BCUT2D eigenvalue weighted by atomic mass is 10.2. The number of nitrogens with zero attached hydrogens (tertiary/aromatic N) is 4. The second-order valence-corrected chi connectivity index (χ2v) is 6.59. The number of rotatable bonds is 5. The van der Waals surface area contributed by atoms with Gasteiger partial charge in [0, 0.05) is 36.1 Å². The Morgan fingerprint density at radius 2 is 2.12 bits per heavy atom. The highest BCUT2D eigenvalue weighted by molar-refractivity contribution is 7.80. The van der Waals surface area contributed by atoms with Crippen LogP contribution in [0.3, 0.4) is 0 Å². The average molecular weight is 375 g/mol. The number of halogens is 1. The molecule has 0 fully saturated rings. The minimum Gasteiger partial charge on any atom is -0.358 e. The van der Waals surface area contributed by atoms with E-state index in [1.165, 1.54) is 0 Å². The van der Waals surface area contributed by atoms with Crippen LogP contribution in [0, 0.1) is 6.92 Å². The van der Waals surface area contributed by atoms with Crippen LogP contribution in [0.5, 0.6) is 0 Å². The highest BCUT2D eigenvalue weighted by atomic mass is 35.5. The van der Waals surface area contributed by atoms with Crippen LogP contribution in [0.4, 0.5) is 5.69 Å². The van der Waals surface area contributed by atoms with E-state index in [0.717, 1.165) is 27.5 Å². The van der Waals surface area contributed by atoms with Crippen molar-refractivity contribution in [3.8, 4) is 0 Å². The molecule has 0 saturated heterocycles. The maximum absolute atomic E-state index is 6.01. The lowest BCUT2D eigenvalue weighted by molar-refractivity contribution is 0.687. The standard InChI is InChI=1S/C17H19ClN6S/c1-12-14(8-20-23(12)2)7-19-17(25)22-16-9-21-24(11-16)10-13-4-3-5-15(18)6-13/h3-6,8-9,11H,7,10H2,1-2H3,(H2,19,22,25). The number of thiocarbonyl (C=S) groups is 1. The molecule has 25 heavy (non-hydrogen) atoms. The van der Waals surface area contributed by atoms with E-state index in [1.807, 2.05) is 60.0 Å². The molecule has 0 amide bonds. The van der Waals surface area contributed by atoms with E-state index in [4.69, 9.17) is 23.8 Å². The summed E-state index contributed by atoms with van der Waals surface area (Å²) in [5.74, 6) is 0. The Kier molecular flexibility index (Phi) is 5.35. The van der Waals surface area contributed by atoms with Gasteiger partial charge in [-0.15, -0.1) is 0 Å². The molecule has 0 aliphatic heterocycles. The third kappa shape index (κ3) is 4.58. The number of benzene rings is 1. The minimum atomic E-state index is 0.547. The molecular formula is C17H19ClN6S. The molecule has 0 aliphatic rings. The molecule has 8 heteroatoms. The van der Waals surface area contributed by atoms with Gasteiger partial charge in [0.2, 0.25) is 0 Å². The van der Waals surface area contributed by atoms with Gasteiger partial charge in [0.1, 0.15) is 0 Å². The number of aromatic nitrogens is 4. The van der Waals surface area contributed by atoms with Gasteiger partial charge in [-0.25, -0.2) is 0 Å². The van der Waals surface area contributed by atoms with Gasteiger partial charge in [0.05, 0.1) is 24.6 Å². The van der Waals surface area contributed by atoms with E-state index in [2.05, 4.69) is 20.8 Å². The van der Waals surface area contributed by atoms with E-state index >= 15 is 0 Å². The predicted molar refractivity (Wildman–Crippen MR) is 104 cm³/mol. The van der Waals surface area contributed by atoms with Gasteiger partial charge in [-0.3, -0.25) is 9.36 Å². The smallest absolute Gasteiger partial charge is 0.171 e. The number of nitrogens with one attached hydrogen (secondary N) is 2. The molecule has 2 heterocycles. The van der Waals surface area contributed by atoms with Crippen molar-refractivity contribution in [3.63, 3.8) is 0 Å². The fraction of sp³-hybridized carbons (Fsp3) is 0.235. The molecule has 6 nitrogen and oxygen atoms in total. The van der Waals surface area contributed by atoms with E-state index in [0.29, 0.717) is 18.2 Å². The Labute approximate surface area is 156 Å². The quantitative estimate of drug-likeness (QED) is 0.672. The van der Waals surface area contributed by atoms with Crippen LogP contribution in [0.1, 0.15) is 16.8 Å². The molecule has 3 aromatic rings. The van der Waals surface area contributed by atoms with Gasteiger partial charge < -0.3 is 10.6 Å². The molecule has 0 aliphatic carbocycles.